The molecule has 2 saturated heterocycles. The van der Waals surface area contributed by atoms with E-state index in [2.05, 4.69) is 15.3 Å². The van der Waals surface area contributed by atoms with Gasteiger partial charge in [-0.2, -0.15) is 0 Å². The number of fused-ring (bicyclic) bond motifs is 4. The summed E-state index contributed by atoms with van der Waals surface area (Å²) in [5.41, 5.74) is 2.00. The van der Waals surface area contributed by atoms with Crippen molar-refractivity contribution >= 4 is 79.5 Å². The number of aliphatic hydroxyl groups is 7. The zero-order chi connectivity index (χ0) is 69.9. The van der Waals surface area contributed by atoms with Gasteiger partial charge in [-0.15, -0.1) is 25.1 Å². The number of rotatable bonds is 28. The Morgan fingerprint density at radius 3 is 2.13 bits per heavy atom. The molecule has 4 amide bonds. The number of halogens is 1. The summed E-state index contributed by atoms with van der Waals surface area (Å²) in [7, 11) is -2.50. The van der Waals surface area contributed by atoms with Crippen LogP contribution in [0.4, 0.5) is 5.69 Å². The number of alkyl halides is 1. The normalized spacial score (nSPS) is 23.1. The van der Waals surface area contributed by atoms with E-state index >= 15 is 0 Å². The van der Waals surface area contributed by atoms with Gasteiger partial charge >= 0.3 is 16.4 Å². The van der Waals surface area contributed by atoms with Crippen LogP contribution in [-0.4, -0.2) is 246 Å². The van der Waals surface area contributed by atoms with E-state index in [-0.39, 0.29) is 110 Å². The molecule has 35 heteroatoms. The molecule has 33 nitrogen and oxygen atoms in total. The number of aliphatic carboxylic acids is 1. The second-order valence-corrected chi connectivity index (χ2v) is 24.4. The summed E-state index contributed by atoms with van der Waals surface area (Å²) >= 11 is 6.63. The number of imide groups is 1. The van der Waals surface area contributed by atoms with Crippen molar-refractivity contribution in [2.45, 2.75) is 86.9 Å². The smallest absolute Gasteiger partial charge is 0.497 e. The molecule has 4 aliphatic rings. The standard InChI is InChI=1S/C63H65ClN8O25S/c1-68(15-18-90-19-16-70-28-36(66-67-70)31-91-20-17-71-49(75)13-14-50(71)76)59(83)34-6-11-44(93-63-56(81)53(78)52(77)47(30-73)94-63)46(22-34)97-98(87,88)96-45-24-42-51(40-23-38(89-2)9-10-39(40)45)35(25-64)27-72(42)60(84)41-29-69-26-32(3-12-48(69)65-41)21-43(74)33-4-7-37(8-5-33)92-62-57(82)54(79)55(80)58(95-62)61(85)86/h3-14,22-24,26,28-29,35,47,52-58,62-63,73,77-82H,15-21,25,27,30-31H2,1-2H3,(H,85,86)/t35-,47-,52+,53+,54+,55+,56-,57-,58?,62-,63-/m1/s1. The van der Waals surface area contributed by atoms with E-state index < -0.39 is 125 Å². The van der Waals surface area contributed by atoms with E-state index in [0.29, 0.717) is 33.6 Å². The molecule has 3 aromatic heterocycles. The molecule has 0 saturated carbocycles. The van der Waals surface area contributed by atoms with Gasteiger partial charge in [0.05, 0.1) is 65.1 Å². The highest BCUT2D eigenvalue weighted by Crippen LogP contribution is 2.48. The second-order valence-electron chi connectivity index (χ2n) is 23.0. The first-order valence-electron chi connectivity index (χ1n) is 30.2. The van der Waals surface area contributed by atoms with Crippen LogP contribution in [0.1, 0.15) is 53.9 Å². The van der Waals surface area contributed by atoms with Gasteiger partial charge in [-0.25, -0.2) is 14.5 Å². The number of carboxylic acids is 1. The number of ether oxygens (including phenoxy) is 7. The number of amides is 4. The van der Waals surface area contributed by atoms with Crippen molar-refractivity contribution in [3.8, 4) is 28.7 Å². The third-order valence-corrected chi connectivity index (χ3v) is 17.6. The summed E-state index contributed by atoms with van der Waals surface area (Å²) < 4.78 is 82.5. The molecule has 4 aromatic carbocycles. The molecule has 0 radical (unpaired) electrons. The van der Waals surface area contributed by atoms with E-state index in [1.54, 1.807) is 30.6 Å². The fourth-order valence-corrected chi connectivity index (χ4v) is 12.2. The fraction of sp³-hybridized carbons (Fsp3) is 0.381. The number of carbonyl (C=O) groups excluding carboxylic acids is 5. The molecular weight excluding hydrogens is 1340 g/mol. The van der Waals surface area contributed by atoms with E-state index in [0.717, 1.165) is 17.0 Å². The molecule has 7 aromatic rings. The lowest BCUT2D eigenvalue weighted by molar-refractivity contribution is -0.277. The van der Waals surface area contributed by atoms with Crippen LogP contribution in [0, 0.1) is 0 Å². The molecule has 11 atom stereocenters. The third kappa shape index (κ3) is 15.2. The van der Waals surface area contributed by atoms with Crippen molar-refractivity contribution in [3.05, 3.63) is 143 Å². The maximum Gasteiger partial charge on any atom is 0.501 e. The summed E-state index contributed by atoms with van der Waals surface area (Å²) in [5, 5.41) is 90.5. The summed E-state index contributed by atoms with van der Waals surface area (Å²) in [6.45, 7) is -0.190. The van der Waals surface area contributed by atoms with E-state index in [1.807, 2.05) is 0 Å². The van der Waals surface area contributed by atoms with Crippen LogP contribution in [0.2, 0.25) is 0 Å². The molecule has 0 aliphatic carbocycles. The van der Waals surface area contributed by atoms with Crippen molar-refractivity contribution in [1.82, 2.24) is 34.2 Å². The number of carboxylic acid groups (broad SMARTS) is 1. The topological polar surface area (TPSA) is 439 Å². The number of ketones is 1. The molecule has 520 valence electrons. The first-order valence-corrected chi connectivity index (χ1v) is 32.1. The monoisotopic (exact) mass is 1400 g/mol. The summed E-state index contributed by atoms with van der Waals surface area (Å²) in [6, 6.07) is 18.1. The molecule has 1 unspecified atom stereocenters. The average molecular weight is 1400 g/mol. The Morgan fingerprint density at radius 2 is 1.42 bits per heavy atom. The van der Waals surface area contributed by atoms with Crippen LogP contribution >= 0.6 is 11.6 Å². The van der Waals surface area contributed by atoms with Crippen LogP contribution in [0.3, 0.4) is 0 Å². The van der Waals surface area contributed by atoms with E-state index in [9.17, 15) is 78.0 Å². The number of hydrogen-bond donors (Lipinski definition) is 8. The highest BCUT2D eigenvalue weighted by molar-refractivity contribution is 7.82. The number of aromatic nitrogens is 5. The Bertz CT molecular complexity index is 4290. The Balaban J connectivity index is 0.786. The lowest BCUT2D eigenvalue weighted by Gasteiger charge is -2.39. The lowest BCUT2D eigenvalue weighted by Crippen LogP contribution is -2.61. The average Bonchev–Trinajstić information content (AvgIpc) is 1.52. The highest BCUT2D eigenvalue weighted by Gasteiger charge is 2.49. The zero-order valence-electron chi connectivity index (χ0n) is 51.9. The minimum absolute atomic E-state index is 0.0153. The third-order valence-electron chi connectivity index (χ3n) is 16.4. The van der Waals surface area contributed by atoms with Gasteiger partial charge in [0.1, 0.15) is 71.3 Å². The predicted octanol–water partition coefficient (Wildman–Crippen LogP) is -0.121. The Hall–Kier alpha value is -9.27. The number of aliphatic hydroxyl groups excluding tert-OH is 7. The van der Waals surface area contributed by atoms with Crippen LogP contribution in [0.25, 0.3) is 16.4 Å². The molecule has 0 bridgehead atoms. The molecule has 4 aliphatic heterocycles. The van der Waals surface area contributed by atoms with Crippen molar-refractivity contribution in [2.75, 3.05) is 71.0 Å². The van der Waals surface area contributed by atoms with Gasteiger partial charge in [-0.1, -0.05) is 11.3 Å². The number of nitrogens with zero attached hydrogens (tertiary/aromatic N) is 8. The number of hydrogen-bond acceptors (Lipinski definition) is 27. The van der Waals surface area contributed by atoms with E-state index in [1.165, 1.54) is 99.9 Å². The summed E-state index contributed by atoms with van der Waals surface area (Å²) in [5.74, 6) is -5.83. The number of methoxy groups -OCH3 is 1. The molecule has 98 heavy (non-hydrogen) atoms. The molecule has 7 heterocycles. The second kappa shape index (κ2) is 29.8. The lowest BCUT2D eigenvalue weighted by atomic mass is 9.95. The molecule has 8 N–H and O–H groups in total. The molecule has 11 rings (SSSR count). The quantitative estimate of drug-likeness (QED) is 0.0137. The van der Waals surface area contributed by atoms with Crippen molar-refractivity contribution < 1.29 is 120 Å². The highest BCUT2D eigenvalue weighted by atomic mass is 35.5. The van der Waals surface area contributed by atoms with Gasteiger partial charge in [0, 0.05) is 85.5 Å². The summed E-state index contributed by atoms with van der Waals surface area (Å²) in [6.07, 6.45) is -11.2. The number of anilines is 1. The predicted molar refractivity (Wildman–Crippen MR) is 335 cm³/mol. The van der Waals surface area contributed by atoms with Gasteiger partial charge in [0.25, 0.3) is 23.6 Å². The molecular formula is C63H65ClN8O25S. The maximum absolute atomic E-state index is 14.8. The van der Waals surface area contributed by atoms with Crippen molar-refractivity contribution in [2.24, 2.45) is 0 Å². The van der Waals surface area contributed by atoms with Crippen LogP contribution in [-0.2, 0) is 63.3 Å². The summed E-state index contributed by atoms with van der Waals surface area (Å²) in [4.78, 5) is 85.7. The van der Waals surface area contributed by atoms with Crippen LogP contribution in [0.5, 0.6) is 28.7 Å². The molecule has 0 spiro atoms. The molecule has 2 fully saturated rings. The van der Waals surface area contributed by atoms with Gasteiger partial charge in [-0.3, -0.25) is 28.9 Å². The number of Topliss-reactive ketones (excluding diaryl/α,β-unsaturated/α-hetero) is 1. The maximum atomic E-state index is 14.8. The van der Waals surface area contributed by atoms with Gasteiger partial charge in [0.2, 0.25) is 12.6 Å². The van der Waals surface area contributed by atoms with Gasteiger partial charge in [0.15, 0.2) is 29.1 Å². The van der Waals surface area contributed by atoms with Gasteiger partial charge < -0.3 is 96.6 Å². The minimum atomic E-state index is -5.37. The number of imidazole rings is 1. The number of pyridine rings is 1. The van der Waals surface area contributed by atoms with E-state index in [4.69, 9.17) is 53.1 Å². The SMILES string of the molecule is COc1ccc2c(OS(=O)(=O)Oc3cc(C(=O)N(C)CCOCCn4cc(COCCN5C(=O)C=CC5=O)nn4)ccc3O[C@@H]3O[C@H](CO)[C@H](O)[C@H](O)[C@H]3O)cc3c(c2c1)[C@H](CCl)CN3C(=O)c1cn2cc(CC(=O)c3ccc(O[C@@H]4OC(C(=O)O)[C@@H](O)[C@H](O)[C@H]4O)cc3)ccc2n1. The van der Waals surface area contributed by atoms with Crippen LogP contribution in [0.15, 0.2) is 110 Å². The Kier molecular flexibility index (Phi) is 21.3. The first-order chi connectivity index (χ1) is 46.9. The fourth-order valence-electron chi connectivity index (χ4n) is 11.2. The largest absolute Gasteiger partial charge is 0.501 e. The van der Waals surface area contributed by atoms with Crippen molar-refractivity contribution in [3.63, 3.8) is 0 Å². The van der Waals surface area contributed by atoms with Crippen LogP contribution < -0.4 is 27.5 Å². The number of benzene rings is 4. The minimum Gasteiger partial charge on any atom is -0.497 e. The van der Waals surface area contributed by atoms with Crippen molar-refractivity contribution in [1.29, 1.82) is 0 Å². The van der Waals surface area contributed by atoms with Gasteiger partial charge in [-0.05, 0) is 83.2 Å². The Morgan fingerprint density at radius 1 is 0.724 bits per heavy atom. The number of likely N-dealkylation sites (N-methyl/N-ethyl adjacent to an activating group) is 1. The number of carbonyl (C=O) groups is 6. The zero-order valence-corrected chi connectivity index (χ0v) is 53.5. The Labute approximate surface area is 560 Å². The first kappa shape index (κ1) is 70.1.